The first-order valence-corrected chi connectivity index (χ1v) is 9.06. The molecule has 1 unspecified atom stereocenters. The van der Waals surface area contributed by atoms with Gasteiger partial charge in [0.25, 0.3) is 0 Å². The van der Waals surface area contributed by atoms with Gasteiger partial charge in [-0.1, -0.05) is 18.5 Å². The van der Waals surface area contributed by atoms with E-state index in [4.69, 9.17) is 17.3 Å². The molecule has 1 atom stereocenters. The number of halogens is 1. The van der Waals surface area contributed by atoms with E-state index < -0.39 is 10.0 Å². The van der Waals surface area contributed by atoms with Crippen molar-refractivity contribution in [3.05, 3.63) is 39.3 Å². The molecule has 1 aromatic heterocycles. The van der Waals surface area contributed by atoms with Crippen LogP contribution in [0.4, 0.5) is 5.69 Å². The second kappa shape index (κ2) is 6.31. The van der Waals surface area contributed by atoms with E-state index in [1.54, 1.807) is 13.1 Å². The van der Waals surface area contributed by atoms with Crippen molar-refractivity contribution in [1.82, 2.24) is 9.71 Å². The number of nitrogens with two attached hydrogens (primary N) is 1. The van der Waals surface area contributed by atoms with Gasteiger partial charge in [-0.3, -0.25) is 0 Å². The second-order valence-corrected chi connectivity index (χ2v) is 7.61. The summed E-state index contributed by atoms with van der Waals surface area (Å²) in [6.07, 6.45) is 2.26. The van der Waals surface area contributed by atoms with E-state index in [0.29, 0.717) is 17.0 Å². The highest BCUT2D eigenvalue weighted by Crippen LogP contribution is 2.28. The number of aromatic nitrogens is 1. The van der Waals surface area contributed by atoms with Gasteiger partial charge in [0.1, 0.15) is 5.01 Å². The molecule has 21 heavy (non-hydrogen) atoms. The first-order chi connectivity index (χ1) is 9.85. The van der Waals surface area contributed by atoms with Crippen molar-refractivity contribution in [2.24, 2.45) is 0 Å². The number of anilines is 1. The van der Waals surface area contributed by atoms with Gasteiger partial charge in [-0.05, 0) is 31.0 Å². The molecule has 0 saturated heterocycles. The van der Waals surface area contributed by atoms with E-state index in [1.807, 2.05) is 12.3 Å². The number of hydrogen-bond acceptors (Lipinski definition) is 5. The van der Waals surface area contributed by atoms with Crippen LogP contribution < -0.4 is 10.5 Å². The number of hydrogen-bond donors (Lipinski definition) is 2. The van der Waals surface area contributed by atoms with E-state index in [-0.39, 0.29) is 16.6 Å². The van der Waals surface area contributed by atoms with Crippen molar-refractivity contribution >= 4 is 38.6 Å². The Balaban J connectivity index is 2.34. The fraction of sp³-hybridized carbons (Fsp3) is 0.308. The minimum absolute atomic E-state index is 0.108. The van der Waals surface area contributed by atoms with Gasteiger partial charge in [0.2, 0.25) is 10.0 Å². The summed E-state index contributed by atoms with van der Waals surface area (Å²) >= 11 is 7.38. The Morgan fingerprint density at radius 2 is 2.19 bits per heavy atom. The van der Waals surface area contributed by atoms with Crippen molar-refractivity contribution in [1.29, 1.82) is 0 Å². The maximum Gasteiger partial charge on any atom is 0.241 e. The Hall–Kier alpha value is -1.15. The van der Waals surface area contributed by atoms with E-state index in [1.165, 1.54) is 23.5 Å². The molecule has 5 nitrogen and oxygen atoms in total. The number of benzene rings is 1. The van der Waals surface area contributed by atoms with Crippen molar-refractivity contribution in [2.75, 3.05) is 5.73 Å². The lowest BCUT2D eigenvalue weighted by Crippen LogP contribution is -2.28. The Labute approximate surface area is 133 Å². The van der Waals surface area contributed by atoms with Crippen molar-refractivity contribution < 1.29 is 8.42 Å². The molecule has 1 heterocycles. The lowest BCUT2D eigenvalue weighted by atomic mass is 10.2. The molecule has 0 fully saturated rings. The number of nitrogen functional groups attached to an aromatic ring is 1. The Kier molecular flexibility index (Phi) is 4.88. The third-order valence-electron chi connectivity index (χ3n) is 3.02. The smallest absolute Gasteiger partial charge is 0.241 e. The van der Waals surface area contributed by atoms with Gasteiger partial charge in [0, 0.05) is 11.6 Å². The van der Waals surface area contributed by atoms with Crippen LogP contribution in [0.5, 0.6) is 0 Å². The molecule has 0 radical (unpaired) electrons. The fourth-order valence-electron chi connectivity index (χ4n) is 1.89. The Bertz CT molecular complexity index is 707. The molecular formula is C13H16ClN3O2S2. The minimum Gasteiger partial charge on any atom is -0.397 e. The molecule has 0 saturated carbocycles. The predicted octanol–water partition coefficient (Wildman–Crippen LogP) is 3.12. The highest BCUT2D eigenvalue weighted by Gasteiger charge is 2.23. The molecule has 1 aromatic carbocycles. The number of aryl methyl sites for hydroxylation is 1. The summed E-state index contributed by atoms with van der Waals surface area (Å²) in [5.41, 5.74) is 6.62. The molecule has 0 amide bonds. The monoisotopic (exact) mass is 345 g/mol. The number of sulfonamides is 1. The van der Waals surface area contributed by atoms with E-state index in [9.17, 15) is 8.42 Å². The second-order valence-electron chi connectivity index (χ2n) is 4.60. The fourth-order valence-corrected chi connectivity index (χ4v) is 4.25. The van der Waals surface area contributed by atoms with Gasteiger partial charge < -0.3 is 5.73 Å². The predicted molar refractivity (Wildman–Crippen MR) is 86.1 cm³/mol. The van der Waals surface area contributed by atoms with Crippen LogP contribution in [0.25, 0.3) is 0 Å². The maximum absolute atomic E-state index is 12.5. The maximum atomic E-state index is 12.5. The molecular weight excluding hydrogens is 330 g/mol. The summed E-state index contributed by atoms with van der Waals surface area (Å²) < 4.78 is 27.6. The summed E-state index contributed by atoms with van der Waals surface area (Å²) in [7, 11) is -3.68. The molecule has 114 valence electrons. The lowest BCUT2D eigenvalue weighted by Gasteiger charge is -2.16. The van der Waals surface area contributed by atoms with Crippen molar-refractivity contribution in [3.63, 3.8) is 0 Å². The summed E-state index contributed by atoms with van der Waals surface area (Å²) in [4.78, 5) is 4.27. The van der Waals surface area contributed by atoms with E-state index >= 15 is 0 Å². The number of thiazole rings is 1. The van der Waals surface area contributed by atoms with Crippen molar-refractivity contribution in [2.45, 2.75) is 31.2 Å². The number of rotatable bonds is 5. The lowest BCUT2D eigenvalue weighted by molar-refractivity contribution is 0.549. The normalized spacial score (nSPS) is 13.3. The number of nitrogens with one attached hydrogen (secondary N) is 1. The zero-order chi connectivity index (χ0) is 15.6. The quantitative estimate of drug-likeness (QED) is 0.815. The summed E-state index contributed by atoms with van der Waals surface area (Å²) in [6.45, 7) is 3.62. The van der Waals surface area contributed by atoms with Crippen LogP contribution in [0.3, 0.4) is 0 Å². The minimum atomic E-state index is -3.68. The first kappa shape index (κ1) is 16.2. The van der Waals surface area contributed by atoms with Gasteiger partial charge in [0.05, 0.1) is 21.6 Å². The topological polar surface area (TPSA) is 85.1 Å². The standard InChI is InChI=1S/C13H16ClN3O2S2/c1-3-11(13-16-4-5-20-13)17-21(18,19)9-6-8(2)12(14)10(15)7-9/h4-7,11,17H,3,15H2,1-2H3. The van der Waals surface area contributed by atoms with Gasteiger partial charge in [-0.2, -0.15) is 0 Å². The highest BCUT2D eigenvalue weighted by molar-refractivity contribution is 7.89. The van der Waals surface area contributed by atoms with Crippen LogP contribution in [0.2, 0.25) is 5.02 Å². The third-order valence-corrected chi connectivity index (χ3v) is 5.88. The van der Waals surface area contributed by atoms with Crippen LogP contribution in [0.15, 0.2) is 28.6 Å². The summed E-state index contributed by atoms with van der Waals surface area (Å²) in [5, 5.41) is 2.93. The molecule has 3 N–H and O–H groups in total. The van der Waals surface area contributed by atoms with Crippen LogP contribution in [0, 0.1) is 6.92 Å². The average Bonchev–Trinajstić information content (AvgIpc) is 2.95. The molecule has 8 heteroatoms. The summed E-state index contributed by atoms with van der Waals surface area (Å²) in [6, 6.07) is 2.52. The average molecular weight is 346 g/mol. The molecule has 0 bridgehead atoms. The largest absolute Gasteiger partial charge is 0.397 e. The van der Waals surface area contributed by atoms with Crippen molar-refractivity contribution in [3.8, 4) is 0 Å². The van der Waals surface area contributed by atoms with Crippen LogP contribution >= 0.6 is 22.9 Å². The van der Waals surface area contributed by atoms with Crippen LogP contribution in [-0.4, -0.2) is 13.4 Å². The molecule has 2 rings (SSSR count). The Morgan fingerprint density at radius 1 is 1.48 bits per heavy atom. The third kappa shape index (κ3) is 3.55. The van der Waals surface area contributed by atoms with Gasteiger partial charge in [-0.15, -0.1) is 11.3 Å². The van der Waals surface area contributed by atoms with E-state index in [2.05, 4.69) is 9.71 Å². The van der Waals surface area contributed by atoms with Gasteiger partial charge in [-0.25, -0.2) is 18.1 Å². The Morgan fingerprint density at radius 3 is 2.71 bits per heavy atom. The summed E-state index contributed by atoms with van der Waals surface area (Å²) in [5.74, 6) is 0. The number of nitrogens with zero attached hydrogens (tertiary/aromatic N) is 1. The SMILES string of the molecule is CCC(NS(=O)(=O)c1cc(C)c(Cl)c(N)c1)c1nccs1. The highest BCUT2D eigenvalue weighted by atomic mass is 35.5. The molecule has 0 aliphatic rings. The van der Waals surface area contributed by atoms with Gasteiger partial charge in [0.15, 0.2) is 0 Å². The zero-order valence-corrected chi connectivity index (χ0v) is 14.0. The molecule has 0 aliphatic heterocycles. The molecule has 2 aromatic rings. The zero-order valence-electron chi connectivity index (χ0n) is 11.6. The molecule has 0 aliphatic carbocycles. The van der Waals surface area contributed by atoms with Crippen LogP contribution in [-0.2, 0) is 10.0 Å². The van der Waals surface area contributed by atoms with Crippen LogP contribution in [0.1, 0.15) is 30.0 Å². The first-order valence-electron chi connectivity index (χ1n) is 6.32. The van der Waals surface area contributed by atoms with Gasteiger partial charge >= 0.3 is 0 Å². The molecule has 0 spiro atoms. The van der Waals surface area contributed by atoms with E-state index in [0.717, 1.165) is 5.01 Å².